The van der Waals surface area contributed by atoms with Crippen LogP contribution in [0.2, 0.25) is 0 Å². The minimum Gasteiger partial charge on any atom is -0.398 e. The second kappa shape index (κ2) is 4.99. The first kappa shape index (κ1) is 9.33. The number of unbranched alkanes of at least 4 members (excludes halogenated alkanes) is 2. The van der Waals surface area contributed by atoms with E-state index in [0.29, 0.717) is 0 Å². The molecular formula is C10H15NS. The molecule has 0 aliphatic carbocycles. The third kappa shape index (κ3) is 2.70. The third-order valence-electron chi connectivity index (χ3n) is 1.72. The molecule has 0 saturated heterocycles. The number of hydrogen-bond donors (Lipinski definition) is 1. The molecule has 1 nitrogen and oxygen atoms in total. The van der Waals surface area contributed by atoms with Crippen LogP contribution in [0, 0.1) is 0 Å². The van der Waals surface area contributed by atoms with Crippen LogP contribution in [-0.2, 0) is 0 Å². The molecule has 0 amide bonds. The molecule has 0 radical (unpaired) electrons. The van der Waals surface area contributed by atoms with Crippen LogP contribution in [0.15, 0.2) is 17.5 Å². The Morgan fingerprint density at radius 1 is 1.58 bits per heavy atom. The van der Waals surface area contributed by atoms with Crippen molar-refractivity contribution in [2.24, 2.45) is 0 Å². The standard InChI is InChI=1S/C10H15NS/c1-2-3-4-5-6-10-9(11)7-8-12-10/h5-8H,2-4,11H2,1H3. The molecular weight excluding hydrogens is 166 g/mol. The average molecular weight is 181 g/mol. The summed E-state index contributed by atoms with van der Waals surface area (Å²) in [4.78, 5) is 1.19. The lowest BCUT2D eigenvalue weighted by Crippen LogP contribution is -1.81. The minimum absolute atomic E-state index is 0.896. The molecule has 1 aromatic rings. The smallest absolute Gasteiger partial charge is 0.0497 e. The summed E-state index contributed by atoms with van der Waals surface area (Å²) in [6.07, 6.45) is 8.00. The van der Waals surface area contributed by atoms with Gasteiger partial charge < -0.3 is 5.73 Å². The summed E-state index contributed by atoms with van der Waals surface area (Å²) in [5, 5.41) is 2.02. The first-order chi connectivity index (χ1) is 5.84. The molecule has 0 atom stereocenters. The molecule has 0 aromatic carbocycles. The van der Waals surface area contributed by atoms with Crippen molar-refractivity contribution in [2.45, 2.75) is 26.2 Å². The predicted molar refractivity (Wildman–Crippen MR) is 57.3 cm³/mol. The van der Waals surface area contributed by atoms with Gasteiger partial charge in [0.05, 0.1) is 0 Å². The maximum absolute atomic E-state index is 5.71. The zero-order valence-electron chi connectivity index (χ0n) is 7.42. The zero-order chi connectivity index (χ0) is 8.81. The molecule has 0 spiro atoms. The maximum Gasteiger partial charge on any atom is 0.0497 e. The van der Waals surface area contributed by atoms with Crippen LogP contribution in [0.4, 0.5) is 5.69 Å². The van der Waals surface area contributed by atoms with Crippen molar-refractivity contribution in [3.63, 3.8) is 0 Å². The van der Waals surface area contributed by atoms with Crippen molar-refractivity contribution in [1.82, 2.24) is 0 Å². The van der Waals surface area contributed by atoms with Gasteiger partial charge in [0.25, 0.3) is 0 Å². The molecule has 0 saturated carbocycles. The summed E-state index contributed by atoms with van der Waals surface area (Å²) in [5.41, 5.74) is 6.61. The Kier molecular flexibility index (Phi) is 3.88. The first-order valence-corrected chi connectivity index (χ1v) is 5.22. The normalized spacial score (nSPS) is 11.1. The molecule has 0 unspecified atom stereocenters. The van der Waals surface area contributed by atoms with Gasteiger partial charge in [0, 0.05) is 10.6 Å². The fraction of sp³-hybridized carbons (Fsp3) is 0.400. The number of rotatable bonds is 4. The summed E-state index contributed by atoms with van der Waals surface area (Å²) in [7, 11) is 0. The van der Waals surface area contributed by atoms with Gasteiger partial charge >= 0.3 is 0 Å². The van der Waals surface area contributed by atoms with E-state index in [0.717, 1.165) is 12.1 Å². The Hall–Kier alpha value is -0.760. The summed E-state index contributed by atoms with van der Waals surface area (Å²) in [5.74, 6) is 0. The molecule has 12 heavy (non-hydrogen) atoms. The van der Waals surface area contributed by atoms with Gasteiger partial charge in [-0.25, -0.2) is 0 Å². The van der Waals surface area contributed by atoms with Crippen LogP contribution >= 0.6 is 11.3 Å². The third-order valence-corrected chi connectivity index (χ3v) is 2.62. The van der Waals surface area contributed by atoms with Gasteiger partial charge in [-0.1, -0.05) is 25.8 Å². The Labute approximate surface area is 77.9 Å². The van der Waals surface area contributed by atoms with Gasteiger partial charge in [0.15, 0.2) is 0 Å². The number of nitrogen functional groups attached to an aromatic ring is 1. The van der Waals surface area contributed by atoms with Crippen molar-refractivity contribution < 1.29 is 0 Å². The molecule has 66 valence electrons. The van der Waals surface area contributed by atoms with Crippen molar-refractivity contribution in [3.05, 3.63) is 22.4 Å². The quantitative estimate of drug-likeness (QED) is 0.706. The first-order valence-electron chi connectivity index (χ1n) is 4.34. The van der Waals surface area contributed by atoms with Crippen molar-refractivity contribution >= 4 is 23.1 Å². The Morgan fingerprint density at radius 2 is 2.42 bits per heavy atom. The summed E-state index contributed by atoms with van der Waals surface area (Å²) < 4.78 is 0. The van der Waals surface area contributed by atoms with Gasteiger partial charge in [-0.3, -0.25) is 0 Å². The average Bonchev–Trinajstić information content (AvgIpc) is 2.46. The molecule has 1 aromatic heterocycles. The maximum atomic E-state index is 5.71. The Balaban J connectivity index is 2.41. The van der Waals surface area contributed by atoms with Gasteiger partial charge in [0.1, 0.15) is 0 Å². The number of nitrogens with two attached hydrogens (primary N) is 1. The van der Waals surface area contributed by atoms with Crippen LogP contribution < -0.4 is 5.73 Å². The molecule has 0 fully saturated rings. The lowest BCUT2D eigenvalue weighted by atomic mass is 10.2. The molecule has 1 rings (SSSR count). The van der Waals surface area contributed by atoms with E-state index in [1.54, 1.807) is 11.3 Å². The molecule has 2 N–H and O–H groups in total. The fourth-order valence-electron chi connectivity index (χ4n) is 0.979. The van der Waals surface area contributed by atoms with E-state index in [2.05, 4.69) is 19.1 Å². The number of anilines is 1. The van der Waals surface area contributed by atoms with Crippen molar-refractivity contribution in [1.29, 1.82) is 0 Å². The lowest BCUT2D eigenvalue weighted by molar-refractivity contribution is 0.816. The topological polar surface area (TPSA) is 26.0 Å². The molecule has 2 heteroatoms. The molecule has 1 heterocycles. The molecule has 0 bridgehead atoms. The van der Waals surface area contributed by atoms with E-state index >= 15 is 0 Å². The SMILES string of the molecule is CCCCC=Cc1sccc1N. The van der Waals surface area contributed by atoms with Gasteiger partial charge in [-0.05, 0) is 23.9 Å². The van der Waals surface area contributed by atoms with Crippen LogP contribution in [0.25, 0.3) is 6.08 Å². The monoisotopic (exact) mass is 181 g/mol. The van der Waals surface area contributed by atoms with Crippen molar-refractivity contribution in [2.75, 3.05) is 5.73 Å². The zero-order valence-corrected chi connectivity index (χ0v) is 8.23. The Morgan fingerprint density at radius 3 is 3.00 bits per heavy atom. The van der Waals surface area contributed by atoms with Gasteiger partial charge in [0.2, 0.25) is 0 Å². The van der Waals surface area contributed by atoms with E-state index in [-0.39, 0.29) is 0 Å². The summed E-state index contributed by atoms with van der Waals surface area (Å²) in [6.45, 7) is 2.20. The van der Waals surface area contributed by atoms with Crippen LogP contribution in [0.3, 0.4) is 0 Å². The van der Waals surface area contributed by atoms with Crippen LogP contribution in [0.5, 0.6) is 0 Å². The highest BCUT2D eigenvalue weighted by molar-refractivity contribution is 7.11. The van der Waals surface area contributed by atoms with E-state index in [4.69, 9.17) is 5.73 Å². The summed E-state index contributed by atoms with van der Waals surface area (Å²) in [6, 6.07) is 1.95. The van der Waals surface area contributed by atoms with E-state index < -0.39 is 0 Å². The van der Waals surface area contributed by atoms with E-state index in [9.17, 15) is 0 Å². The van der Waals surface area contributed by atoms with Gasteiger partial charge in [-0.2, -0.15) is 0 Å². The highest BCUT2D eigenvalue weighted by Crippen LogP contribution is 2.20. The fourth-order valence-corrected chi connectivity index (χ4v) is 1.72. The minimum atomic E-state index is 0.896. The predicted octanol–water partition coefficient (Wildman–Crippen LogP) is 3.53. The second-order valence-electron chi connectivity index (χ2n) is 2.78. The van der Waals surface area contributed by atoms with Gasteiger partial charge in [-0.15, -0.1) is 11.3 Å². The highest BCUT2D eigenvalue weighted by Gasteiger charge is 1.93. The highest BCUT2D eigenvalue weighted by atomic mass is 32.1. The Bertz CT molecular complexity index is 250. The number of hydrogen-bond acceptors (Lipinski definition) is 2. The molecule has 0 aliphatic rings. The largest absolute Gasteiger partial charge is 0.398 e. The number of allylic oxidation sites excluding steroid dienone is 1. The van der Waals surface area contributed by atoms with E-state index in [1.165, 1.54) is 17.7 Å². The number of thiophene rings is 1. The van der Waals surface area contributed by atoms with Crippen LogP contribution in [-0.4, -0.2) is 0 Å². The van der Waals surface area contributed by atoms with Crippen molar-refractivity contribution in [3.8, 4) is 0 Å². The molecule has 0 aliphatic heterocycles. The van der Waals surface area contributed by atoms with E-state index in [1.807, 2.05) is 11.4 Å². The van der Waals surface area contributed by atoms with Crippen LogP contribution in [0.1, 0.15) is 31.1 Å². The summed E-state index contributed by atoms with van der Waals surface area (Å²) >= 11 is 1.70. The second-order valence-corrected chi connectivity index (χ2v) is 3.73. The lowest BCUT2D eigenvalue weighted by Gasteiger charge is -1.90.